The number of nitrogens with zero attached hydrogens (tertiary/aromatic N) is 3. The lowest BCUT2D eigenvalue weighted by Crippen LogP contribution is -2.18. The Labute approximate surface area is 173 Å². The Hall–Kier alpha value is -3.54. The molecule has 2 aromatic carbocycles. The van der Waals surface area contributed by atoms with E-state index in [1.165, 1.54) is 18.3 Å². The molecule has 6 heteroatoms. The molecule has 2 aromatic heterocycles. The first-order valence-electron chi connectivity index (χ1n) is 9.83. The van der Waals surface area contributed by atoms with Crippen molar-refractivity contribution in [1.82, 2.24) is 14.3 Å². The van der Waals surface area contributed by atoms with E-state index in [1.807, 2.05) is 26.0 Å². The van der Waals surface area contributed by atoms with Gasteiger partial charge in [-0.25, -0.2) is 4.39 Å². The van der Waals surface area contributed by atoms with Crippen LogP contribution >= 0.6 is 0 Å². The van der Waals surface area contributed by atoms with Gasteiger partial charge in [-0.3, -0.25) is 14.3 Å². The second-order valence-electron chi connectivity index (χ2n) is 7.42. The minimum atomic E-state index is -0.247. The van der Waals surface area contributed by atoms with E-state index in [2.05, 4.69) is 9.67 Å². The summed E-state index contributed by atoms with van der Waals surface area (Å²) >= 11 is 0. The van der Waals surface area contributed by atoms with Gasteiger partial charge in [-0.05, 0) is 56.2 Å². The first kappa shape index (κ1) is 19.8. The van der Waals surface area contributed by atoms with Crippen LogP contribution in [0.5, 0.6) is 0 Å². The number of carbonyl (C=O) groups excluding carboxylic acids is 1. The van der Waals surface area contributed by atoms with Crippen molar-refractivity contribution < 1.29 is 9.18 Å². The standard InChI is InChI=1S/C24H22FN3O2/c1-16-13-21(17(2)27(16)12-11-18-7-9-19(25)10-8-18)24(30)15-28-22-6-4-3-5-20(22)23(29)14-26-28/h3-10,13-14H,11-12,15H2,1-2H3. The first-order valence-corrected chi connectivity index (χ1v) is 9.83. The molecule has 0 spiro atoms. The molecule has 4 rings (SSSR count). The van der Waals surface area contributed by atoms with Crippen molar-refractivity contribution in [2.24, 2.45) is 0 Å². The van der Waals surface area contributed by atoms with Gasteiger partial charge in [-0.2, -0.15) is 5.10 Å². The average molecular weight is 403 g/mol. The van der Waals surface area contributed by atoms with Crippen molar-refractivity contribution in [3.05, 3.63) is 99.3 Å². The average Bonchev–Trinajstić information content (AvgIpc) is 3.03. The lowest BCUT2D eigenvalue weighted by Gasteiger charge is -2.11. The van der Waals surface area contributed by atoms with Gasteiger partial charge in [0.2, 0.25) is 5.43 Å². The Balaban J connectivity index is 1.57. The fourth-order valence-electron chi connectivity index (χ4n) is 3.83. The molecule has 0 aliphatic heterocycles. The van der Waals surface area contributed by atoms with Gasteiger partial charge in [0.05, 0.1) is 11.7 Å². The predicted octanol–water partition coefficient (Wildman–Crippen LogP) is 4.08. The summed E-state index contributed by atoms with van der Waals surface area (Å²) in [5.41, 5.74) is 4.06. The van der Waals surface area contributed by atoms with Crippen LogP contribution < -0.4 is 5.43 Å². The van der Waals surface area contributed by atoms with E-state index in [9.17, 15) is 14.0 Å². The van der Waals surface area contributed by atoms with Crippen molar-refractivity contribution in [2.75, 3.05) is 0 Å². The van der Waals surface area contributed by atoms with E-state index in [0.717, 1.165) is 23.4 Å². The van der Waals surface area contributed by atoms with Crippen LogP contribution in [0.25, 0.3) is 10.9 Å². The van der Waals surface area contributed by atoms with Gasteiger partial charge in [0.15, 0.2) is 5.78 Å². The molecule has 30 heavy (non-hydrogen) atoms. The molecule has 0 aliphatic carbocycles. The summed E-state index contributed by atoms with van der Waals surface area (Å²) in [7, 11) is 0. The Morgan fingerprint density at radius 3 is 2.57 bits per heavy atom. The van der Waals surface area contributed by atoms with Gasteiger partial charge in [-0.1, -0.05) is 24.3 Å². The zero-order valence-electron chi connectivity index (χ0n) is 16.9. The topological polar surface area (TPSA) is 56.9 Å². The van der Waals surface area contributed by atoms with E-state index in [0.29, 0.717) is 23.0 Å². The van der Waals surface area contributed by atoms with E-state index in [-0.39, 0.29) is 23.6 Å². The molecule has 4 aromatic rings. The number of rotatable bonds is 6. The smallest absolute Gasteiger partial charge is 0.207 e. The normalized spacial score (nSPS) is 11.2. The van der Waals surface area contributed by atoms with Gasteiger partial charge < -0.3 is 4.57 Å². The van der Waals surface area contributed by atoms with Crippen LogP contribution in [0.2, 0.25) is 0 Å². The molecule has 0 unspecified atom stereocenters. The van der Waals surface area contributed by atoms with E-state index >= 15 is 0 Å². The van der Waals surface area contributed by atoms with Gasteiger partial charge in [0.1, 0.15) is 12.4 Å². The van der Waals surface area contributed by atoms with E-state index < -0.39 is 0 Å². The number of carbonyl (C=O) groups is 1. The Kier molecular flexibility index (Phi) is 5.31. The lowest BCUT2D eigenvalue weighted by molar-refractivity contribution is 0.0968. The minimum Gasteiger partial charge on any atom is -0.348 e. The highest BCUT2D eigenvalue weighted by Crippen LogP contribution is 2.18. The third-order valence-corrected chi connectivity index (χ3v) is 5.47. The Morgan fingerprint density at radius 1 is 1.07 bits per heavy atom. The monoisotopic (exact) mass is 403 g/mol. The summed E-state index contributed by atoms with van der Waals surface area (Å²) < 4.78 is 16.8. The van der Waals surface area contributed by atoms with Crippen LogP contribution in [0.1, 0.15) is 27.3 Å². The number of hydrogen-bond donors (Lipinski definition) is 0. The molecule has 0 N–H and O–H groups in total. The van der Waals surface area contributed by atoms with E-state index in [4.69, 9.17) is 0 Å². The van der Waals surface area contributed by atoms with Crippen molar-refractivity contribution in [3.63, 3.8) is 0 Å². The summed E-state index contributed by atoms with van der Waals surface area (Å²) in [4.78, 5) is 25.1. The van der Waals surface area contributed by atoms with Gasteiger partial charge in [0.25, 0.3) is 0 Å². The highest BCUT2D eigenvalue weighted by Gasteiger charge is 2.17. The maximum atomic E-state index is 13.1. The van der Waals surface area contributed by atoms with Gasteiger partial charge in [-0.15, -0.1) is 0 Å². The number of benzene rings is 2. The summed E-state index contributed by atoms with van der Waals surface area (Å²) in [6.07, 6.45) is 2.00. The fourth-order valence-corrected chi connectivity index (χ4v) is 3.83. The number of aromatic nitrogens is 3. The quantitative estimate of drug-likeness (QED) is 0.456. The molecule has 0 amide bonds. The molecule has 0 radical (unpaired) electrons. The number of fused-ring (bicyclic) bond motifs is 1. The molecule has 0 atom stereocenters. The van der Waals surface area contributed by atoms with Crippen molar-refractivity contribution in [3.8, 4) is 0 Å². The van der Waals surface area contributed by atoms with Crippen LogP contribution in [0.3, 0.4) is 0 Å². The number of Topliss-reactive ketones (excluding diaryl/α,β-unsaturated/α-hetero) is 1. The fraction of sp³-hybridized carbons (Fsp3) is 0.208. The maximum Gasteiger partial charge on any atom is 0.207 e. The molecule has 0 bridgehead atoms. The Morgan fingerprint density at radius 2 is 1.80 bits per heavy atom. The van der Waals surface area contributed by atoms with Crippen LogP contribution in [-0.4, -0.2) is 20.1 Å². The van der Waals surface area contributed by atoms with Gasteiger partial charge in [0, 0.05) is 28.9 Å². The van der Waals surface area contributed by atoms with E-state index in [1.54, 1.807) is 35.0 Å². The van der Waals surface area contributed by atoms with Crippen LogP contribution in [0, 0.1) is 19.7 Å². The molecule has 2 heterocycles. The third-order valence-electron chi connectivity index (χ3n) is 5.47. The zero-order chi connectivity index (χ0) is 21.3. The first-order chi connectivity index (χ1) is 14.4. The molecule has 5 nitrogen and oxygen atoms in total. The molecule has 0 saturated heterocycles. The number of halogens is 1. The largest absolute Gasteiger partial charge is 0.348 e. The number of hydrogen-bond acceptors (Lipinski definition) is 3. The van der Waals surface area contributed by atoms with Crippen LogP contribution in [0.4, 0.5) is 4.39 Å². The minimum absolute atomic E-state index is 0.0579. The Bertz CT molecular complexity index is 1290. The SMILES string of the molecule is Cc1cc(C(=O)Cn2ncc(=O)c3ccccc32)c(C)n1CCc1ccc(F)cc1. The lowest BCUT2D eigenvalue weighted by atomic mass is 10.1. The second kappa shape index (κ2) is 8.06. The zero-order valence-corrected chi connectivity index (χ0v) is 16.9. The molecule has 0 fully saturated rings. The number of aryl methyl sites for hydroxylation is 2. The van der Waals surface area contributed by atoms with Crippen molar-refractivity contribution in [1.29, 1.82) is 0 Å². The third kappa shape index (κ3) is 3.81. The molecular weight excluding hydrogens is 381 g/mol. The van der Waals surface area contributed by atoms with Gasteiger partial charge >= 0.3 is 0 Å². The molecule has 152 valence electrons. The second-order valence-corrected chi connectivity index (χ2v) is 7.42. The molecule has 0 saturated carbocycles. The molecular formula is C24H22FN3O2. The van der Waals surface area contributed by atoms with Crippen molar-refractivity contribution in [2.45, 2.75) is 33.4 Å². The van der Waals surface area contributed by atoms with Crippen molar-refractivity contribution >= 4 is 16.7 Å². The highest BCUT2D eigenvalue weighted by molar-refractivity contribution is 5.98. The number of ketones is 1. The summed E-state index contributed by atoms with van der Waals surface area (Å²) in [5, 5.41) is 4.71. The summed E-state index contributed by atoms with van der Waals surface area (Å²) in [6.45, 7) is 4.67. The number of para-hydroxylation sites is 1. The predicted molar refractivity (Wildman–Crippen MR) is 114 cm³/mol. The summed E-state index contributed by atoms with van der Waals surface area (Å²) in [6, 6.07) is 15.5. The maximum absolute atomic E-state index is 13.1. The molecule has 0 aliphatic rings. The van der Waals surface area contributed by atoms with Crippen LogP contribution in [-0.2, 0) is 19.5 Å². The van der Waals surface area contributed by atoms with Crippen LogP contribution in [0.15, 0.2) is 65.6 Å². The highest BCUT2D eigenvalue weighted by atomic mass is 19.1. The summed E-state index contributed by atoms with van der Waals surface area (Å²) in [5.74, 6) is -0.305.